The number of methoxy groups -OCH3 is 1. The summed E-state index contributed by atoms with van der Waals surface area (Å²) in [6, 6.07) is 9.31. The Labute approximate surface area is 170 Å². The van der Waals surface area contributed by atoms with Crippen molar-refractivity contribution in [3.63, 3.8) is 0 Å². The fourth-order valence-electron chi connectivity index (χ4n) is 3.38. The number of benzene rings is 2. The van der Waals surface area contributed by atoms with Crippen LogP contribution in [0.5, 0.6) is 5.75 Å². The van der Waals surface area contributed by atoms with Gasteiger partial charge in [0.2, 0.25) is 15.9 Å². The lowest BCUT2D eigenvalue weighted by atomic mass is 10.1. The van der Waals surface area contributed by atoms with Gasteiger partial charge in [-0.15, -0.1) is 0 Å². The summed E-state index contributed by atoms with van der Waals surface area (Å²) in [5.41, 5.74) is 2.05. The smallest absolute Gasteiger partial charge is 0.244 e. The SMILES string of the molecule is COc1ccc(C)c(S(=O)(=O)N2CCC[C@H]2C(=O)Nc2ccc(Cl)cc2C)c1. The molecule has 0 bridgehead atoms. The molecule has 1 N–H and O–H groups in total. The van der Waals surface area contributed by atoms with Gasteiger partial charge in [-0.25, -0.2) is 8.42 Å². The Kier molecular flexibility index (Phi) is 5.98. The van der Waals surface area contributed by atoms with Crippen molar-refractivity contribution in [3.05, 3.63) is 52.5 Å². The summed E-state index contributed by atoms with van der Waals surface area (Å²) in [6.07, 6.45) is 1.10. The quantitative estimate of drug-likeness (QED) is 0.796. The lowest BCUT2D eigenvalue weighted by molar-refractivity contribution is -0.119. The second-order valence-corrected chi connectivity index (χ2v) is 9.15. The molecule has 2 aromatic rings. The average Bonchev–Trinajstić information content (AvgIpc) is 3.15. The number of aryl methyl sites for hydroxylation is 2. The van der Waals surface area contributed by atoms with Crippen LogP contribution in [0.4, 0.5) is 5.69 Å². The van der Waals surface area contributed by atoms with Crippen LogP contribution in [0.25, 0.3) is 0 Å². The molecule has 1 aliphatic rings. The van der Waals surface area contributed by atoms with Crippen molar-refractivity contribution in [3.8, 4) is 5.75 Å². The highest BCUT2D eigenvalue weighted by Gasteiger charge is 2.40. The number of anilines is 1. The summed E-state index contributed by atoms with van der Waals surface area (Å²) >= 11 is 5.96. The molecule has 0 aromatic heterocycles. The molecule has 1 aliphatic heterocycles. The third-order valence-electron chi connectivity index (χ3n) is 4.93. The van der Waals surface area contributed by atoms with Gasteiger partial charge in [-0.1, -0.05) is 17.7 Å². The van der Waals surface area contributed by atoms with Gasteiger partial charge in [-0.2, -0.15) is 4.31 Å². The van der Waals surface area contributed by atoms with Gasteiger partial charge in [0.25, 0.3) is 0 Å². The van der Waals surface area contributed by atoms with Crippen LogP contribution in [0, 0.1) is 13.8 Å². The van der Waals surface area contributed by atoms with E-state index in [-0.39, 0.29) is 10.8 Å². The number of carbonyl (C=O) groups is 1. The number of nitrogens with one attached hydrogen (secondary N) is 1. The second kappa shape index (κ2) is 8.11. The van der Waals surface area contributed by atoms with Crippen molar-refractivity contribution in [1.29, 1.82) is 0 Å². The van der Waals surface area contributed by atoms with Gasteiger partial charge in [-0.05, 0) is 62.1 Å². The fraction of sp³-hybridized carbons (Fsp3) is 0.350. The Morgan fingerprint density at radius 2 is 1.93 bits per heavy atom. The second-order valence-electron chi connectivity index (χ2n) is 6.85. The molecule has 1 amide bonds. The number of halogens is 1. The minimum atomic E-state index is -3.83. The molecule has 1 atom stereocenters. The summed E-state index contributed by atoms with van der Waals surface area (Å²) in [7, 11) is -2.35. The number of nitrogens with zero attached hydrogens (tertiary/aromatic N) is 1. The molecule has 1 saturated heterocycles. The molecular weight excluding hydrogens is 400 g/mol. The van der Waals surface area contributed by atoms with E-state index in [1.165, 1.54) is 17.5 Å². The van der Waals surface area contributed by atoms with Gasteiger partial charge in [0.05, 0.1) is 12.0 Å². The van der Waals surface area contributed by atoms with E-state index in [1.54, 1.807) is 37.3 Å². The molecular formula is C20H23ClN2O4S. The Hall–Kier alpha value is -2.09. The van der Waals surface area contributed by atoms with Crippen LogP contribution in [-0.2, 0) is 14.8 Å². The lowest BCUT2D eigenvalue weighted by Gasteiger charge is -2.24. The summed E-state index contributed by atoms with van der Waals surface area (Å²) in [4.78, 5) is 13.0. The molecule has 0 unspecified atom stereocenters. The van der Waals surface area contributed by atoms with E-state index in [0.717, 1.165) is 5.56 Å². The van der Waals surface area contributed by atoms with Crippen LogP contribution in [-0.4, -0.2) is 38.3 Å². The maximum atomic E-state index is 13.3. The molecule has 1 fully saturated rings. The molecule has 6 nitrogen and oxygen atoms in total. The maximum Gasteiger partial charge on any atom is 0.244 e. The Bertz CT molecular complexity index is 1010. The van der Waals surface area contributed by atoms with Crippen LogP contribution in [0.2, 0.25) is 5.02 Å². The number of rotatable bonds is 5. The van der Waals surface area contributed by atoms with Crippen molar-refractivity contribution in [2.75, 3.05) is 19.0 Å². The number of carbonyl (C=O) groups excluding carboxylic acids is 1. The zero-order chi connectivity index (χ0) is 20.5. The van der Waals surface area contributed by atoms with Gasteiger partial charge in [0, 0.05) is 23.3 Å². The first-order valence-electron chi connectivity index (χ1n) is 8.97. The minimum Gasteiger partial charge on any atom is -0.497 e. The lowest BCUT2D eigenvalue weighted by Crippen LogP contribution is -2.43. The number of sulfonamides is 1. The zero-order valence-electron chi connectivity index (χ0n) is 16.0. The maximum absolute atomic E-state index is 13.3. The molecule has 0 spiro atoms. The van der Waals surface area contributed by atoms with E-state index in [4.69, 9.17) is 16.3 Å². The molecule has 8 heteroatoms. The predicted molar refractivity (Wildman–Crippen MR) is 109 cm³/mol. The van der Waals surface area contributed by atoms with Gasteiger partial charge < -0.3 is 10.1 Å². The standard InChI is InChI=1S/C20H23ClN2O4S/c1-13-6-8-16(27-3)12-19(13)28(25,26)23-10-4-5-18(23)20(24)22-17-9-7-15(21)11-14(17)2/h6-9,11-12,18H,4-5,10H2,1-3H3,(H,22,24)/t18-/m0/s1. The summed E-state index contributed by atoms with van der Waals surface area (Å²) in [5.74, 6) is 0.119. The molecule has 150 valence electrons. The van der Waals surface area contributed by atoms with Crippen LogP contribution < -0.4 is 10.1 Å². The fourth-order valence-corrected chi connectivity index (χ4v) is 5.51. The Morgan fingerprint density at radius 3 is 2.61 bits per heavy atom. The normalized spacial score (nSPS) is 17.5. The van der Waals surface area contributed by atoms with E-state index in [1.807, 2.05) is 6.92 Å². The first kappa shape index (κ1) is 20.6. The summed E-state index contributed by atoms with van der Waals surface area (Å²) in [6.45, 7) is 3.87. The van der Waals surface area contributed by atoms with Crippen LogP contribution in [0.15, 0.2) is 41.3 Å². The first-order chi connectivity index (χ1) is 13.2. The monoisotopic (exact) mass is 422 g/mol. The van der Waals surface area contributed by atoms with Crippen LogP contribution in [0.1, 0.15) is 24.0 Å². The molecule has 1 heterocycles. The van der Waals surface area contributed by atoms with Crippen molar-refractivity contribution >= 4 is 33.2 Å². The van der Waals surface area contributed by atoms with Crippen LogP contribution >= 0.6 is 11.6 Å². The van der Waals surface area contributed by atoms with Gasteiger partial charge in [0.1, 0.15) is 11.8 Å². The third kappa shape index (κ3) is 4.01. The molecule has 0 aliphatic carbocycles. The van der Waals surface area contributed by atoms with Gasteiger partial charge in [-0.3, -0.25) is 4.79 Å². The largest absolute Gasteiger partial charge is 0.497 e. The number of hydrogen-bond donors (Lipinski definition) is 1. The van der Waals surface area contributed by atoms with Crippen molar-refractivity contribution in [1.82, 2.24) is 4.31 Å². The highest BCUT2D eigenvalue weighted by molar-refractivity contribution is 7.89. The number of hydrogen-bond acceptors (Lipinski definition) is 4. The molecule has 0 radical (unpaired) electrons. The van der Waals surface area contributed by atoms with E-state index in [9.17, 15) is 13.2 Å². The Balaban J connectivity index is 1.88. The molecule has 28 heavy (non-hydrogen) atoms. The van der Waals surface area contributed by atoms with Gasteiger partial charge >= 0.3 is 0 Å². The zero-order valence-corrected chi connectivity index (χ0v) is 17.6. The highest BCUT2D eigenvalue weighted by Crippen LogP contribution is 2.31. The van der Waals surface area contributed by atoms with Crippen molar-refractivity contribution in [2.24, 2.45) is 0 Å². The van der Waals surface area contributed by atoms with E-state index in [2.05, 4.69) is 5.32 Å². The van der Waals surface area contributed by atoms with E-state index >= 15 is 0 Å². The van der Waals surface area contributed by atoms with E-state index < -0.39 is 16.1 Å². The predicted octanol–water partition coefficient (Wildman–Crippen LogP) is 3.76. The van der Waals surface area contributed by atoms with E-state index in [0.29, 0.717) is 41.4 Å². The van der Waals surface area contributed by atoms with Crippen molar-refractivity contribution in [2.45, 2.75) is 37.6 Å². The average molecular weight is 423 g/mol. The Morgan fingerprint density at radius 1 is 1.18 bits per heavy atom. The number of ether oxygens (including phenoxy) is 1. The molecule has 0 saturated carbocycles. The van der Waals surface area contributed by atoms with Crippen LogP contribution in [0.3, 0.4) is 0 Å². The molecule has 2 aromatic carbocycles. The summed E-state index contributed by atoms with van der Waals surface area (Å²) < 4.78 is 33.0. The highest BCUT2D eigenvalue weighted by atomic mass is 35.5. The summed E-state index contributed by atoms with van der Waals surface area (Å²) in [5, 5.41) is 3.42. The topological polar surface area (TPSA) is 75.7 Å². The number of amides is 1. The van der Waals surface area contributed by atoms with Gasteiger partial charge in [0.15, 0.2) is 0 Å². The third-order valence-corrected chi connectivity index (χ3v) is 7.22. The van der Waals surface area contributed by atoms with Crippen molar-refractivity contribution < 1.29 is 17.9 Å². The molecule has 3 rings (SSSR count). The minimum absolute atomic E-state index is 0.161. The first-order valence-corrected chi connectivity index (χ1v) is 10.8.